The average Bonchev–Trinajstić information content (AvgIpc) is 3.28. The zero-order chi connectivity index (χ0) is 18.6. The summed E-state index contributed by atoms with van der Waals surface area (Å²) >= 11 is 0. The lowest BCUT2D eigenvalue weighted by molar-refractivity contribution is -0.121. The van der Waals surface area contributed by atoms with E-state index >= 15 is 0 Å². The Bertz CT molecular complexity index is 970. The lowest BCUT2D eigenvalue weighted by Gasteiger charge is -2.11. The highest BCUT2D eigenvalue weighted by Gasteiger charge is 2.29. The van der Waals surface area contributed by atoms with Crippen molar-refractivity contribution < 1.29 is 14.1 Å². The summed E-state index contributed by atoms with van der Waals surface area (Å²) in [6.07, 6.45) is 3.94. The second-order valence-corrected chi connectivity index (χ2v) is 6.17. The number of carbonyl (C=O) groups is 2. The predicted octanol–water partition coefficient (Wildman–Crippen LogP) is 1.67. The van der Waals surface area contributed by atoms with Crippen LogP contribution in [0.1, 0.15) is 34.3 Å². The van der Waals surface area contributed by atoms with Crippen molar-refractivity contribution in [1.82, 2.24) is 25.8 Å². The third-order valence-corrected chi connectivity index (χ3v) is 4.32. The largest absolute Gasteiger partial charge is 0.356 e. The molecule has 3 aromatic rings. The van der Waals surface area contributed by atoms with Gasteiger partial charge in [0.2, 0.25) is 17.6 Å². The average molecular weight is 363 g/mol. The number of nitrogens with zero attached hydrogens (tertiary/aromatic N) is 3. The standard InChI is InChI=1S/C19H17N5O3/c25-16(10-15-13-5-1-2-6-14(13)19(26)22-15)21-9-7-17-23-18(24-27-17)12-4-3-8-20-11-12/h1-6,8,11,15H,7,9-10H2,(H,21,25)(H,22,26). The zero-order valence-electron chi connectivity index (χ0n) is 14.4. The van der Waals surface area contributed by atoms with E-state index in [2.05, 4.69) is 25.8 Å². The molecule has 1 aromatic carbocycles. The Kier molecular flexibility index (Phi) is 4.61. The molecule has 1 atom stereocenters. The summed E-state index contributed by atoms with van der Waals surface area (Å²) in [5, 5.41) is 9.57. The number of nitrogens with one attached hydrogen (secondary N) is 2. The summed E-state index contributed by atoms with van der Waals surface area (Å²) in [6, 6.07) is 10.6. The highest BCUT2D eigenvalue weighted by Crippen LogP contribution is 2.27. The molecule has 27 heavy (non-hydrogen) atoms. The number of hydrogen-bond donors (Lipinski definition) is 2. The van der Waals surface area contributed by atoms with Crippen molar-refractivity contribution in [3.8, 4) is 11.4 Å². The molecule has 4 rings (SSSR count). The number of carbonyl (C=O) groups excluding carboxylic acids is 2. The molecular weight excluding hydrogens is 346 g/mol. The van der Waals surface area contributed by atoms with E-state index in [1.54, 1.807) is 24.5 Å². The van der Waals surface area contributed by atoms with Gasteiger partial charge in [0.05, 0.1) is 12.5 Å². The first-order valence-electron chi connectivity index (χ1n) is 8.60. The van der Waals surface area contributed by atoms with Gasteiger partial charge < -0.3 is 15.2 Å². The van der Waals surface area contributed by atoms with E-state index < -0.39 is 0 Å². The molecule has 3 heterocycles. The maximum absolute atomic E-state index is 12.2. The topological polar surface area (TPSA) is 110 Å². The number of rotatable bonds is 6. The number of benzene rings is 1. The van der Waals surface area contributed by atoms with Gasteiger partial charge in [0.15, 0.2) is 0 Å². The molecule has 0 bridgehead atoms. The van der Waals surface area contributed by atoms with Crippen molar-refractivity contribution >= 4 is 11.8 Å². The first-order valence-corrected chi connectivity index (χ1v) is 8.60. The molecule has 0 fully saturated rings. The highest BCUT2D eigenvalue weighted by atomic mass is 16.5. The first kappa shape index (κ1) is 16.9. The van der Waals surface area contributed by atoms with E-state index in [0.29, 0.717) is 30.2 Å². The molecule has 1 unspecified atom stereocenters. The van der Waals surface area contributed by atoms with E-state index in [-0.39, 0.29) is 24.3 Å². The van der Waals surface area contributed by atoms with Crippen LogP contribution in [0.25, 0.3) is 11.4 Å². The van der Waals surface area contributed by atoms with Crippen molar-refractivity contribution in [3.05, 3.63) is 65.8 Å². The quantitative estimate of drug-likeness (QED) is 0.689. The minimum Gasteiger partial charge on any atom is -0.356 e. The Labute approximate surface area is 155 Å². The highest BCUT2D eigenvalue weighted by molar-refractivity contribution is 5.99. The van der Waals surface area contributed by atoms with E-state index in [1.807, 2.05) is 24.3 Å². The molecule has 136 valence electrons. The van der Waals surface area contributed by atoms with Gasteiger partial charge in [-0.05, 0) is 23.8 Å². The zero-order valence-corrected chi connectivity index (χ0v) is 14.4. The fourth-order valence-corrected chi connectivity index (χ4v) is 3.02. The molecule has 0 spiro atoms. The SMILES string of the molecule is O=C(CC1NC(=O)c2ccccc21)NCCc1nc(-c2cccnc2)no1. The summed E-state index contributed by atoms with van der Waals surface area (Å²) in [5.41, 5.74) is 2.26. The van der Waals surface area contributed by atoms with Gasteiger partial charge in [-0.2, -0.15) is 4.98 Å². The normalized spacial score (nSPS) is 15.3. The number of amides is 2. The summed E-state index contributed by atoms with van der Waals surface area (Å²) in [7, 11) is 0. The first-order chi connectivity index (χ1) is 13.2. The van der Waals surface area contributed by atoms with Gasteiger partial charge in [0.25, 0.3) is 5.91 Å². The Balaban J connectivity index is 1.28. The predicted molar refractivity (Wildman–Crippen MR) is 95.5 cm³/mol. The number of hydrogen-bond acceptors (Lipinski definition) is 6. The summed E-state index contributed by atoms with van der Waals surface area (Å²) in [6.45, 7) is 0.371. The lowest BCUT2D eigenvalue weighted by Crippen LogP contribution is -2.30. The lowest BCUT2D eigenvalue weighted by atomic mass is 10.0. The van der Waals surface area contributed by atoms with Crippen LogP contribution >= 0.6 is 0 Å². The maximum atomic E-state index is 12.2. The number of pyridine rings is 1. The van der Waals surface area contributed by atoms with Gasteiger partial charge in [0, 0.05) is 36.5 Å². The van der Waals surface area contributed by atoms with Crippen molar-refractivity contribution in [2.75, 3.05) is 6.54 Å². The molecule has 0 saturated heterocycles. The molecule has 8 heteroatoms. The van der Waals surface area contributed by atoms with Crippen molar-refractivity contribution in [3.63, 3.8) is 0 Å². The summed E-state index contributed by atoms with van der Waals surface area (Å²) < 4.78 is 5.20. The maximum Gasteiger partial charge on any atom is 0.252 e. The van der Waals surface area contributed by atoms with Crippen molar-refractivity contribution in [2.45, 2.75) is 18.9 Å². The van der Waals surface area contributed by atoms with Gasteiger partial charge in [-0.15, -0.1) is 0 Å². The van der Waals surface area contributed by atoms with Gasteiger partial charge >= 0.3 is 0 Å². The summed E-state index contributed by atoms with van der Waals surface area (Å²) in [5.74, 6) is 0.615. The van der Waals surface area contributed by atoms with Crippen LogP contribution in [0.15, 0.2) is 53.3 Å². The molecule has 2 amide bonds. The molecule has 8 nitrogen and oxygen atoms in total. The van der Waals surface area contributed by atoms with Crippen LogP contribution in [0.4, 0.5) is 0 Å². The number of aromatic nitrogens is 3. The van der Waals surface area contributed by atoms with Crippen LogP contribution in [-0.4, -0.2) is 33.5 Å². The molecule has 1 aliphatic heterocycles. The Morgan fingerprint density at radius 2 is 2.11 bits per heavy atom. The van der Waals surface area contributed by atoms with Crippen molar-refractivity contribution in [2.24, 2.45) is 0 Å². The molecule has 1 aliphatic rings. The van der Waals surface area contributed by atoms with E-state index in [0.717, 1.165) is 11.1 Å². The third kappa shape index (κ3) is 3.69. The second kappa shape index (κ2) is 7.36. The van der Waals surface area contributed by atoms with E-state index in [9.17, 15) is 9.59 Å². The monoisotopic (exact) mass is 363 g/mol. The minimum atomic E-state index is -0.297. The van der Waals surface area contributed by atoms with Crippen LogP contribution in [0.3, 0.4) is 0 Å². The van der Waals surface area contributed by atoms with Gasteiger partial charge in [-0.3, -0.25) is 14.6 Å². The molecule has 0 saturated carbocycles. The van der Waals surface area contributed by atoms with E-state index in [4.69, 9.17) is 4.52 Å². The molecule has 2 aromatic heterocycles. The van der Waals surface area contributed by atoms with Crippen LogP contribution in [0, 0.1) is 0 Å². The fourth-order valence-electron chi connectivity index (χ4n) is 3.02. The van der Waals surface area contributed by atoms with Crippen LogP contribution in [-0.2, 0) is 11.2 Å². The second-order valence-electron chi connectivity index (χ2n) is 6.17. The third-order valence-electron chi connectivity index (χ3n) is 4.32. The van der Waals surface area contributed by atoms with Gasteiger partial charge in [-0.1, -0.05) is 23.4 Å². The van der Waals surface area contributed by atoms with E-state index in [1.165, 1.54) is 0 Å². The molecular formula is C19H17N5O3. The van der Waals surface area contributed by atoms with Crippen molar-refractivity contribution in [1.29, 1.82) is 0 Å². The summed E-state index contributed by atoms with van der Waals surface area (Å²) in [4.78, 5) is 32.4. The Morgan fingerprint density at radius 1 is 1.22 bits per heavy atom. The van der Waals surface area contributed by atoms with Crippen LogP contribution in [0.5, 0.6) is 0 Å². The van der Waals surface area contributed by atoms with Crippen LogP contribution in [0.2, 0.25) is 0 Å². The number of fused-ring (bicyclic) bond motifs is 1. The molecule has 0 aliphatic carbocycles. The fraction of sp³-hybridized carbons (Fsp3) is 0.211. The Hall–Kier alpha value is -3.55. The van der Waals surface area contributed by atoms with Crippen LogP contribution < -0.4 is 10.6 Å². The minimum absolute atomic E-state index is 0.141. The Morgan fingerprint density at radius 3 is 2.96 bits per heavy atom. The molecule has 0 radical (unpaired) electrons. The van der Waals surface area contributed by atoms with Gasteiger partial charge in [-0.25, -0.2) is 0 Å². The van der Waals surface area contributed by atoms with Gasteiger partial charge in [0.1, 0.15) is 0 Å². The smallest absolute Gasteiger partial charge is 0.252 e. The molecule has 2 N–H and O–H groups in total.